The van der Waals surface area contributed by atoms with E-state index in [1.807, 2.05) is 0 Å². The minimum atomic E-state index is -1.07. The van der Waals surface area contributed by atoms with Gasteiger partial charge in [0.05, 0.1) is 0 Å². The average molecular weight is 223 g/mol. The first-order valence-electron chi connectivity index (χ1n) is 4.70. The molecule has 0 aliphatic heterocycles. The van der Waals surface area contributed by atoms with Gasteiger partial charge in [0.2, 0.25) is 0 Å². The molecule has 86 valence electrons. The predicted molar refractivity (Wildman–Crippen MR) is 56.9 cm³/mol. The summed E-state index contributed by atoms with van der Waals surface area (Å²) in [6.45, 7) is 0. The first kappa shape index (κ1) is 12.1. The van der Waals surface area contributed by atoms with Gasteiger partial charge in [0.1, 0.15) is 11.7 Å². The molecule has 16 heavy (non-hydrogen) atoms. The van der Waals surface area contributed by atoms with Crippen LogP contribution in [0, 0.1) is 0 Å². The summed E-state index contributed by atoms with van der Waals surface area (Å²) in [5.41, 5.74) is 6.30. The summed E-state index contributed by atoms with van der Waals surface area (Å²) in [5.74, 6) is -1.39. The van der Waals surface area contributed by atoms with E-state index in [2.05, 4.69) is 10.3 Å². The molecule has 1 aromatic heterocycles. The van der Waals surface area contributed by atoms with Crippen molar-refractivity contribution in [1.82, 2.24) is 10.3 Å². The molecule has 6 nitrogen and oxygen atoms in total. The number of carboxylic acid groups (broad SMARTS) is 1. The van der Waals surface area contributed by atoms with Crippen molar-refractivity contribution >= 4 is 11.9 Å². The van der Waals surface area contributed by atoms with Gasteiger partial charge in [0, 0.05) is 13.2 Å². The number of nitrogens with zero attached hydrogens (tertiary/aromatic N) is 1. The highest BCUT2D eigenvalue weighted by Gasteiger charge is 2.13. The van der Waals surface area contributed by atoms with Crippen LogP contribution in [0.25, 0.3) is 0 Å². The zero-order valence-electron chi connectivity index (χ0n) is 8.80. The molecule has 0 radical (unpaired) electrons. The van der Waals surface area contributed by atoms with Crippen molar-refractivity contribution in [2.75, 3.05) is 7.05 Å². The van der Waals surface area contributed by atoms with Crippen molar-refractivity contribution < 1.29 is 14.7 Å². The van der Waals surface area contributed by atoms with Gasteiger partial charge in [-0.05, 0) is 24.1 Å². The molecule has 1 aromatic rings. The summed E-state index contributed by atoms with van der Waals surface area (Å²) in [6, 6.07) is 2.19. The van der Waals surface area contributed by atoms with Crippen molar-refractivity contribution in [2.45, 2.75) is 12.5 Å². The van der Waals surface area contributed by atoms with Gasteiger partial charge in [-0.15, -0.1) is 0 Å². The van der Waals surface area contributed by atoms with Crippen LogP contribution < -0.4 is 11.1 Å². The molecule has 1 rings (SSSR count). The van der Waals surface area contributed by atoms with Crippen LogP contribution in [0.1, 0.15) is 16.1 Å². The zero-order valence-corrected chi connectivity index (χ0v) is 8.80. The number of hydrogen-bond acceptors (Lipinski definition) is 4. The van der Waals surface area contributed by atoms with Crippen LogP contribution in [0.3, 0.4) is 0 Å². The molecule has 0 aliphatic carbocycles. The van der Waals surface area contributed by atoms with Crippen molar-refractivity contribution in [3.05, 3.63) is 29.6 Å². The van der Waals surface area contributed by atoms with Crippen molar-refractivity contribution in [3.63, 3.8) is 0 Å². The molecule has 0 spiro atoms. The highest BCUT2D eigenvalue weighted by atomic mass is 16.4. The summed E-state index contributed by atoms with van der Waals surface area (Å²) in [4.78, 5) is 25.7. The third-order valence-electron chi connectivity index (χ3n) is 2.06. The Morgan fingerprint density at radius 3 is 2.88 bits per heavy atom. The second kappa shape index (κ2) is 5.22. The monoisotopic (exact) mass is 223 g/mol. The van der Waals surface area contributed by atoms with Gasteiger partial charge in [0.15, 0.2) is 0 Å². The fourth-order valence-corrected chi connectivity index (χ4v) is 1.19. The van der Waals surface area contributed by atoms with Crippen molar-refractivity contribution in [2.24, 2.45) is 5.73 Å². The van der Waals surface area contributed by atoms with Crippen molar-refractivity contribution in [3.8, 4) is 0 Å². The Bertz CT molecular complexity index is 406. The summed E-state index contributed by atoms with van der Waals surface area (Å²) in [6.07, 6.45) is 1.62. The van der Waals surface area contributed by atoms with Crippen LogP contribution in [0.4, 0.5) is 0 Å². The van der Waals surface area contributed by atoms with Crippen LogP contribution in [0.5, 0.6) is 0 Å². The molecule has 0 aliphatic rings. The van der Waals surface area contributed by atoms with Gasteiger partial charge in [0.25, 0.3) is 5.91 Å². The summed E-state index contributed by atoms with van der Waals surface area (Å²) in [5, 5.41) is 11.1. The van der Waals surface area contributed by atoms with E-state index in [0.29, 0.717) is 5.56 Å². The summed E-state index contributed by atoms with van der Waals surface area (Å²) >= 11 is 0. The van der Waals surface area contributed by atoms with E-state index in [4.69, 9.17) is 10.8 Å². The number of carbonyl (C=O) groups is 2. The quantitative estimate of drug-likeness (QED) is 0.631. The maximum atomic E-state index is 11.3. The number of amides is 1. The molecule has 0 bridgehead atoms. The van der Waals surface area contributed by atoms with E-state index in [-0.39, 0.29) is 18.0 Å². The third-order valence-corrected chi connectivity index (χ3v) is 2.06. The van der Waals surface area contributed by atoms with E-state index < -0.39 is 12.0 Å². The highest BCUT2D eigenvalue weighted by molar-refractivity contribution is 5.92. The number of aromatic nitrogens is 1. The molecule has 1 atom stereocenters. The number of rotatable bonds is 4. The minimum Gasteiger partial charge on any atom is -0.480 e. The zero-order chi connectivity index (χ0) is 12.1. The normalized spacial score (nSPS) is 11.9. The molecule has 1 heterocycles. The molecule has 0 saturated heterocycles. The molecule has 6 heteroatoms. The highest BCUT2D eigenvalue weighted by Crippen LogP contribution is 2.04. The second-order valence-corrected chi connectivity index (χ2v) is 3.28. The number of hydrogen-bond donors (Lipinski definition) is 3. The number of nitrogens with one attached hydrogen (secondary N) is 1. The average Bonchev–Trinajstić information content (AvgIpc) is 2.28. The Labute approximate surface area is 92.5 Å². The van der Waals surface area contributed by atoms with Crippen LogP contribution in [-0.2, 0) is 11.2 Å². The maximum absolute atomic E-state index is 11.3. The Hall–Kier alpha value is -1.95. The topological polar surface area (TPSA) is 105 Å². The van der Waals surface area contributed by atoms with Gasteiger partial charge in [-0.2, -0.15) is 0 Å². The first-order valence-corrected chi connectivity index (χ1v) is 4.70. The molecule has 0 fully saturated rings. The lowest BCUT2D eigenvalue weighted by atomic mass is 10.1. The number of carboxylic acids is 1. The van der Waals surface area contributed by atoms with Crippen LogP contribution >= 0.6 is 0 Å². The molecule has 4 N–H and O–H groups in total. The molecule has 1 amide bonds. The number of carbonyl (C=O) groups excluding carboxylic acids is 1. The number of nitrogens with two attached hydrogens (primary N) is 1. The van der Waals surface area contributed by atoms with E-state index >= 15 is 0 Å². The Morgan fingerprint density at radius 1 is 1.62 bits per heavy atom. The van der Waals surface area contributed by atoms with Gasteiger partial charge >= 0.3 is 5.97 Å². The lowest BCUT2D eigenvalue weighted by Crippen LogP contribution is -2.32. The first-order chi connectivity index (χ1) is 7.54. The lowest BCUT2D eigenvalue weighted by Gasteiger charge is -2.07. The standard InChI is InChI=1S/C10H13N3O3/c1-12-9(14)8-5-6(2-3-13-8)4-7(11)10(15)16/h2-3,5,7H,4,11H2,1H3,(H,12,14)(H,15,16)/t7-/m0/s1. The fraction of sp³-hybridized carbons (Fsp3) is 0.300. The third kappa shape index (κ3) is 3.03. The second-order valence-electron chi connectivity index (χ2n) is 3.28. The molecule has 0 unspecified atom stereocenters. The fourth-order valence-electron chi connectivity index (χ4n) is 1.19. The van der Waals surface area contributed by atoms with E-state index in [9.17, 15) is 9.59 Å². The SMILES string of the molecule is CNC(=O)c1cc(C[C@H](N)C(=O)O)ccn1. The Morgan fingerprint density at radius 2 is 2.31 bits per heavy atom. The molecular weight excluding hydrogens is 210 g/mol. The molecule has 0 saturated carbocycles. The predicted octanol–water partition coefficient (Wildman–Crippen LogP) is -0.604. The largest absolute Gasteiger partial charge is 0.480 e. The van der Waals surface area contributed by atoms with E-state index in [0.717, 1.165) is 0 Å². The Kier molecular flexibility index (Phi) is 3.96. The summed E-state index contributed by atoms with van der Waals surface area (Å²) in [7, 11) is 1.50. The number of pyridine rings is 1. The van der Waals surface area contributed by atoms with Gasteiger partial charge < -0.3 is 16.2 Å². The smallest absolute Gasteiger partial charge is 0.320 e. The van der Waals surface area contributed by atoms with Gasteiger partial charge in [-0.1, -0.05) is 0 Å². The van der Waals surface area contributed by atoms with Crippen LogP contribution in [-0.4, -0.2) is 35.1 Å². The lowest BCUT2D eigenvalue weighted by molar-refractivity contribution is -0.138. The van der Waals surface area contributed by atoms with Crippen LogP contribution in [0.15, 0.2) is 18.3 Å². The van der Waals surface area contributed by atoms with Gasteiger partial charge in [-0.3, -0.25) is 14.6 Å². The van der Waals surface area contributed by atoms with E-state index in [1.54, 1.807) is 6.07 Å². The number of aliphatic carboxylic acids is 1. The van der Waals surface area contributed by atoms with Crippen LogP contribution in [0.2, 0.25) is 0 Å². The maximum Gasteiger partial charge on any atom is 0.320 e. The summed E-state index contributed by atoms with van der Waals surface area (Å²) < 4.78 is 0. The van der Waals surface area contributed by atoms with Gasteiger partial charge in [-0.25, -0.2) is 0 Å². The van der Waals surface area contributed by atoms with Crippen molar-refractivity contribution in [1.29, 1.82) is 0 Å². The molecule has 0 aromatic carbocycles. The van der Waals surface area contributed by atoms with E-state index in [1.165, 1.54) is 19.3 Å². The minimum absolute atomic E-state index is 0.168. The Balaban J connectivity index is 2.82. The molecular formula is C10H13N3O3.